The fraction of sp³-hybridized carbons (Fsp3) is 0.375. The molecule has 3 rings (SSSR count). The second-order valence-corrected chi connectivity index (χ2v) is 7.83. The highest BCUT2D eigenvalue weighted by molar-refractivity contribution is 5.99. The van der Waals surface area contributed by atoms with Gasteiger partial charge in [0, 0.05) is 35.1 Å². The SMILES string of the molecule is CCCCNC(=O)c1cccc(NCC(=O)Nc2cccc(NC(=O)C3CC3)c2C)c1. The Morgan fingerprint density at radius 1 is 1.00 bits per heavy atom. The van der Waals surface area contributed by atoms with E-state index in [0.29, 0.717) is 29.2 Å². The Morgan fingerprint density at radius 3 is 2.42 bits per heavy atom. The number of nitrogens with one attached hydrogen (secondary N) is 4. The van der Waals surface area contributed by atoms with Gasteiger partial charge in [0.1, 0.15) is 0 Å². The molecule has 164 valence electrons. The zero-order chi connectivity index (χ0) is 22.2. The third-order valence-corrected chi connectivity index (χ3v) is 5.21. The van der Waals surface area contributed by atoms with Crippen molar-refractivity contribution in [1.82, 2.24) is 5.32 Å². The van der Waals surface area contributed by atoms with Gasteiger partial charge < -0.3 is 21.3 Å². The van der Waals surface area contributed by atoms with E-state index in [9.17, 15) is 14.4 Å². The topological polar surface area (TPSA) is 99.3 Å². The molecule has 1 aliphatic carbocycles. The highest BCUT2D eigenvalue weighted by Crippen LogP contribution is 2.31. The summed E-state index contributed by atoms with van der Waals surface area (Å²) < 4.78 is 0. The molecule has 0 aliphatic heterocycles. The van der Waals surface area contributed by atoms with E-state index >= 15 is 0 Å². The highest BCUT2D eigenvalue weighted by Gasteiger charge is 2.29. The summed E-state index contributed by atoms with van der Waals surface area (Å²) in [6, 6.07) is 12.5. The van der Waals surface area contributed by atoms with Gasteiger partial charge in [-0.3, -0.25) is 14.4 Å². The Morgan fingerprint density at radius 2 is 1.71 bits per heavy atom. The smallest absolute Gasteiger partial charge is 0.251 e. The minimum absolute atomic E-state index is 0.0341. The van der Waals surface area contributed by atoms with E-state index in [0.717, 1.165) is 31.2 Å². The molecule has 7 nitrogen and oxygen atoms in total. The molecule has 2 aromatic carbocycles. The Bertz CT molecular complexity index is 954. The first kappa shape index (κ1) is 22.3. The van der Waals surface area contributed by atoms with Crippen LogP contribution in [0, 0.1) is 12.8 Å². The summed E-state index contributed by atoms with van der Waals surface area (Å²) in [5, 5.41) is 11.8. The fourth-order valence-electron chi connectivity index (χ4n) is 3.11. The lowest BCUT2D eigenvalue weighted by Gasteiger charge is -2.14. The van der Waals surface area contributed by atoms with Crippen LogP contribution in [-0.4, -0.2) is 30.8 Å². The molecule has 7 heteroatoms. The van der Waals surface area contributed by atoms with Crippen molar-refractivity contribution in [2.24, 2.45) is 5.92 Å². The van der Waals surface area contributed by atoms with Crippen LogP contribution < -0.4 is 21.3 Å². The van der Waals surface area contributed by atoms with Crippen LogP contribution in [0.25, 0.3) is 0 Å². The van der Waals surface area contributed by atoms with Gasteiger partial charge in [-0.1, -0.05) is 25.5 Å². The quantitative estimate of drug-likeness (QED) is 0.436. The van der Waals surface area contributed by atoms with Gasteiger partial charge in [0.2, 0.25) is 11.8 Å². The molecule has 0 atom stereocenters. The maximum atomic E-state index is 12.4. The summed E-state index contributed by atoms with van der Waals surface area (Å²) in [6.45, 7) is 4.64. The molecule has 0 radical (unpaired) electrons. The predicted molar refractivity (Wildman–Crippen MR) is 123 cm³/mol. The molecule has 1 aliphatic rings. The largest absolute Gasteiger partial charge is 0.376 e. The molecule has 1 saturated carbocycles. The first-order valence-corrected chi connectivity index (χ1v) is 10.8. The van der Waals surface area contributed by atoms with E-state index in [-0.39, 0.29) is 30.2 Å². The molecular formula is C24H30N4O3. The lowest BCUT2D eigenvalue weighted by atomic mass is 10.1. The average Bonchev–Trinajstić information content (AvgIpc) is 3.61. The summed E-state index contributed by atoms with van der Waals surface area (Å²) in [4.78, 5) is 36.7. The molecular weight excluding hydrogens is 392 g/mol. The van der Waals surface area contributed by atoms with Crippen molar-refractivity contribution in [1.29, 1.82) is 0 Å². The van der Waals surface area contributed by atoms with Crippen LogP contribution in [0.3, 0.4) is 0 Å². The first-order valence-electron chi connectivity index (χ1n) is 10.8. The molecule has 0 unspecified atom stereocenters. The Kier molecular flexibility index (Phi) is 7.65. The molecule has 31 heavy (non-hydrogen) atoms. The second-order valence-electron chi connectivity index (χ2n) is 7.83. The van der Waals surface area contributed by atoms with Crippen molar-refractivity contribution >= 4 is 34.8 Å². The number of amides is 3. The van der Waals surface area contributed by atoms with Gasteiger partial charge in [-0.2, -0.15) is 0 Å². The number of anilines is 3. The van der Waals surface area contributed by atoms with Crippen molar-refractivity contribution in [3.8, 4) is 0 Å². The van der Waals surface area contributed by atoms with E-state index in [2.05, 4.69) is 28.2 Å². The van der Waals surface area contributed by atoms with Crippen LogP contribution in [0.2, 0.25) is 0 Å². The molecule has 0 heterocycles. The molecule has 2 aromatic rings. The first-order chi connectivity index (χ1) is 15.0. The van der Waals surface area contributed by atoms with Crippen LogP contribution in [0.1, 0.15) is 48.5 Å². The Labute approximate surface area is 183 Å². The van der Waals surface area contributed by atoms with E-state index < -0.39 is 0 Å². The van der Waals surface area contributed by atoms with Crippen LogP contribution in [-0.2, 0) is 9.59 Å². The lowest BCUT2D eigenvalue weighted by Crippen LogP contribution is -2.25. The normalized spacial score (nSPS) is 12.7. The minimum atomic E-state index is -0.216. The molecule has 0 spiro atoms. The number of benzene rings is 2. The number of hydrogen-bond acceptors (Lipinski definition) is 4. The molecule has 4 N–H and O–H groups in total. The van der Waals surface area contributed by atoms with Crippen LogP contribution in [0.15, 0.2) is 42.5 Å². The molecule has 0 aromatic heterocycles. The van der Waals surface area contributed by atoms with Gasteiger partial charge in [-0.05, 0) is 62.1 Å². The van der Waals surface area contributed by atoms with Crippen LogP contribution in [0.5, 0.6) is 0 Å². The minimum Gasteiger partial charge on any atom is -0.376 e. The molecule has 1 fully saturated rings. The van der Waals surface area contributed by atoms with Gasteiger partial charge in [0.05, 0.1) is 6.54 Å². The number of carbonyl (C=O) groups excluding carboxylic acids is 3. The molecule has 0 saturated heterocycles. The van der Waals surface area contributed by atoms with Gasteiger partial charge >= 0.3 is 0 Å². The van der Waals surface area contributed by atoms with E-state index in [1.165, 1.54) is 0 Å². The van der Waals surface area contributed by atoms with Gasteiger partial charge in [0.25, 0.3) is 5.91 Å². The monoisotopic (exact) mass is 422 g/mol. The van der Waals surface area contributed by atoms with Gasteiger partial charge in [-0.25, -0.2) is 0 Å². The fourth-order valence-corrected chi connectivity index (χ4v) is 3.11. The summed E-state index contributed by atoms with van der Waals surface area (Å²) in [5.74, 6) is -0.188. The predicted octanol–water partition coefficient (Wildman–Crippen LogP) is 3.92. The summed E-state index contributed by atoms with van der Waals surface area (Å²) >= 11 is 0. The van der Waals surface area contributed by atoms with Crippen molar-refractivity contribution < 1.29 is 14.4 Å². The van der Waals surface area contributed by atoms with E-state index in [1.807, 2.05) is 19.1 Å². The number of carbonyl (C=O) groups is 3. The highest BCUT2D eigenvalue weighted by atomic mass is 16.2. The zero-order valence-electron chi connectivity index (χ0n) is 18.1. The zero-order valence-corrected chi connectivity index (χ0v) is 18.1. The van der Waals surface area contributed by atoms with Gasteiger partial charge in [-0.15, -0.1) is 0 Å². The number of hydrogen-bond donors (Lipinski definition) is 4. The Balaban J connectivity index is 1.54. The summed E-state index contributed by atoms with van der Waals surface area (Å²) in [5.41, 5.74) is 3.43. The van der Waals surface area contributed by atoms with E-state index in [1.54, 1.807) is 30.3 Å². The van der Waals surface area contributed by atoms with Crippen LogP contribution >= 0.6 is 0 Å². The summed E-state index contributed by atoms with van der Waals surface area (Å²) in [6.07, 6.45) is 3.84. The molecule has 0 bridgehead atoms. The van der Waals surface area contributed by atoms with Crippen molar-refractivity contribution in [3.05, 3.63) is 53.6 Å². The van der Waals surface area contributed by atoms with Crippen molar-refractivity contribution in [2.75, 3.05) is 29.0 Å². The average molecular weight is 423 g/mol. The van der Waals surface area contributed by atoms with Crippen molar-refractivity contribution in [3.63, 3.8) is 0 Å². The van der Waals surface area contributed by atoms with Crippen LogP contribution in [0.4, 0.5) is 17.1 Å². The standard InChI is InChI=1S/C24H30N4O3/c1-3-4-13-25-23(30)18-7-5-8-19(14-18)26-15-22(29)27-20-9-6-10-21(16(20)2)28-24(31)17-11-12-17/h5-10,14,17,26H,3-4,11-13,15H2,1-2H3,(H,25,30)(H,27,29)(H,28,31). The third-order valence-electron chi connectivity index (χ3n) is 5.21. The summed E-state index contributed by atoms with van der Waals surface area (Å²) in [7, 11) is 0. The van der Waals surface area contributed by atoms with E-state index in [4.69, 9.17) is 0 Å². The number of rotatable bonds is 10. The molecule has 3 amide bonds. The third kappa shape index (κ3) is 6.57. The van der Waals surface area contributed by atoms with Crippen molar-refractivity contribution in [2.45, 2.75) is 39.5 Å². The maximum Gasteiger partial charge on any atom is 0.251 e. The number of unbranched alkanes of at least 4 members (excludes halogenated alkanes) is 1. The van der Waals surface area contributed by atoms with Gasteiger partial charge in [0.15, 0.2) is 0 Å². The maximum absolute atomic E-state index is 12.4. The Hall–Kier alpha value is -3.35. The second kappa shape index (κ2) is 10.6. The lowest BCUT2D eigenvalue weighted by molar-refractivity contribution is -0.117.